The van der Waals surface area contributed by atoms with Crippen LogP contribution in [0.5, 0.6) is 0 Å². The Labute approximate surface area is 195 Å². The van der Waals surface area contributed by atoms with E-state index in [9.17, 15) is 8.76 Å². The Morgan fingerprint density at radius 3 is 2.31 bits per heavy atom. The zero-order valence-corrected chi connectivity index (χ0v) is 21.4. The Kier molecular flexibility index (Phi) is 5.47. The van der Waals surface area contributed by atoms with Crippen LogP contribution in [0.2, 0.25) is 0 Å². The Balaban J connectivity index is 1.97. The third-order valence-corrected chi connectivity index (χ3v) is 8.06. The summed E-state index contributed by atoms with van der Waals surface area (Å²) in [6, 6.07) is 6.67. The maximum Gasteiger partial charge on any atom is 0.0632 e. The van der Waals surface area contributed by atoms with Crippen LogP contribution in [0.25, 0.3) is 6.08 Å². The average molecular weight is 452 g/mol. The summed E-state index contributed by atoms with van der Waals surface area (Å²) >= 11 is -2.13. The predicted molar refractivity (Wildman–Crippen MR) is 135 cm³/mol. The number of rotatable bonds is 4. The lowest BCUT2D eigenvalue weighted by Crippen LogP contribution is -2.60. The van der Waals surface area contributed by atoms with Crippen molar-refractivity contribution in [2.45, 2.75) is 58.0 Å². The molecule has 4 nitrogen and oxygen atoms in total. The summed E-state index contributed by atoms with van der Waals surface area (Å²) in [6.45, 7) is 14.3. The minimum Gasteiger partial charge on any atom is -0.772 e. The topological polar surface area (TPSA) is 46.6 Å². The molecule has 1 aromatic rings. The van der Waals surface area contributed by atoms with E-state index < -0.39 is 11.1 Å². The van der Waals surface area contributed by atoms with E-state index in [1.54, 1.807) is 0 Å². The van der Waals surface area contributed by atoms with Crippen LogP contribution >= 0.6 is 0 Å². The molecule has 0 spiro atoms. The van der Waals surface area contributed by atoms with Gasteiger partial charge in [0, 0.05) is 36.5 Å². The van der Waals surface area contributed by atoms with E-state index in [2.05, 4.69) is 108 Å². The van der Waals surface area contributed by atoms with E-state index in [0.29, 0.717) is 0 Å². The van der Waals surface area contributed by atoms with Gasteiger partial charge < -0.3 is 9.45 Å². The molecule has 1 heterocycles. The molecule has 4 rings (SSSR count). The highest BCUT2D eigenvalue weighted by Gasteiger charge is 2.49. The molecule has 0 fully saturated rings. The fourth-order valence-corrected chi connectivity index (χ4v) is 6.58. The molecule has 3 aliphatic rings. The smallest absolute Gasteiger partial charge is 0.0632 e. The second kappa shape index (κ2) is 7.54. The van der Waals surface area contributed by atoms with E-state index >= 15 is 0 Å². The standard InChI is InChI=1S/C27H36N2O2S/c1-9-29-25(2,3)15-20(17-32(30)31)23-13-19-12-18-10-11-21(28(7)8)14-22(18)26(4,5)24(19)16-27(23,29)6/h10-16H,9,17H2,1-8H3,(H,30,31)/p-1. The van der Waals surface area contributed by atoms with Crippen LogP contribution in [-0.4, -0.2) is 51.1 Å². The molecule has 0 aromatic heterocycles. The first-order valence-electron chi connectivity index (χ1n) is 11.4. The zero-order valence-electron chi connectivity index (χ0n) is 20.6. The number of fused-ring (bicyclic) bond motifs is 3. The number of benzene rings is 1. The third-order valence-electron chi connectivity index (χ3n) is 7.51. The summed E-state index contributed by atoms with van der Waals surface area (Å²) < 4.78 is 23.5. The highest BCUT2D eigenvalue weighted by atomic mass is 32.2. The SMILES string of the molecule is CCN1C(C)(C)C=C(CS(=O)[O-])C2=CC3=Cc4ccc(N(C)C)cc4C(C)(C)C3=CC21C. The summed E-state index contributed by atoms with van der Waals surface area (Å²) in [4.78, 5) is 4.63. The maximum absolute atomic E-state index is 11.7. The molecule has 5 heteroatoms. The normalized spacial score (nSPS) is 26.5. The molecular formula is C27H35N2O2S-. The van der Waals surface area contributed by atoms with Crippen molar-refractivity contribution >= 4 is 22.8 Å². The minimum absolute atomic E-state index is 0.0467. The van der Waals surface area contributed by atoms with Crippen molar-refractivity contribution in [3.05, 3.63) is 69.8 Å². The molecule has 0 saturated heterocycles. The molecule has 0 bridgehead atoms. The summed E-state index contributed by atoms with van der Waals surface area (Å²) in [5, 5.41) is 0. The minimum atomic E-state index is -2.13. The first-order chi connectivity index (χ1) is 14.8. The summed E-state index contributed by atoms with van der Waals surface area (Å²) in [5.41, 5.74) is 7.48. The summed E-state index contributed by atoms with van der Waals surface area (Å²) in [6.07, 6.45) is 9.06. The van der Waals surface area contributed by atoms with Crippen LogP contribution in [0.4, 0.5) is 5.69 Å². The van der Waals surface area contributed by atoms with Gasteiger partial charge in [0.25, 0.3) is 0 Å². The van der Waals surface area contributed by atoms with Gasteiger partial charge in [-0.2, -0.15) is 0 Å². The van der Waals surface area contributed by atoms with E-state index in [1.165, 1.54) is 28.0 Å². The Morgan fingerprint density at radius 2 is 1.72 bits per heavy atom. The average Bonchev–Trinajstić information content (AvgIpc) is 2.66. The molecule has 1 aromatic carbocycles. The van der Waals surface area contributed by atoms with Gasteiger partial charge in [0.15, 0.2) is 0 Å². The number of anilines is 1. The monoisotopic (exact) mass is 451 g/mol. The summed E-state index contributed by atoms with van der Waals surface area (Å²) in [7, 11) is 4.15. The second-order valence-corrected chi connectivity index (χ2v) is 11.6. The van der Waals surface area contributed by atoms with Crippen molar-refractivity contribution in [1.29, 1.82) is 0 Å². The molecule has 2 atom stereocenters. The van der Waals surface area contributed by atoms with Crippen molar-refractivity contribution in [3.63, 3.8) is 0 Å². The van der Waals surface area contributed by atoms with E-state index in [0.717, 1.165) is 17.7 Å². The van der Waals surface area contributed by atoms with Gasteiger partial charge in [0.1, 0.15) is 0 Å². The van der Waals surface area contributed by atoms with Crippen LogP contribution in [0, 0.1) is 0 Å². The van der Waals surface area contributed by atoms with Gasteiger partial charge in [-0.1, -0.05) is 50.1 Å². The quantitative estimate of drug-likeness (QED) is 0.606. The number of hydrogen-bond donors (Lipinski definition) is 0. The van der Waals surface area contributed by atoms with Crippen molar-refractivity contribution < 1.29 is 8.76 Å². The van der Waals surface area contributed by atoms with Gasteiger partial charge in [-0.3, -0.25) is 9.11 Å². The number of hydrogen-bond acceptors (Lipinski definition) is 4. The van der Waals surface area contributed by atoms with Crippen molar-refractivity contribution in [3.8, 4) is 0 Å². The Bertz CT molecular complexity index is 1120. The second-order valence-electron chi connectivity index (χ2n) is 10.7. The van der Waals surface area contributed by atoms with Crippen molar-refractivity contribution in [1.82, 2.24) is 4.90 Å². The lowest BCUT2D eigenvalue weighted by molar-refractivity contribution is 0.0834. The summed E-state index contributed by atoms with van der Waals surface area (Å²) in [5.74, 6) is 0.0467. The highest BCUT2D eigenvalue weighted by Crippen LogP contribution is 2.52. The molecule has 2 unspecified atom stereocenters. The number of allylic oxidation sites excluding steroid dienone is 3. The Morgan fingerprint density at radius 1 is 1.03 bits per heavy atom. The molecule has 0 saturated carbocycles. The van der Waals surface area contributed by atoms with Crippen LogP contribution in [0.15, 0.2) is 58.7 Å². The first-order valence-corrected chi connectivity index (χ1v) is 12.6. The van der Waals surface area contributed by atoms with E-state index in [1.807, 2.05) is 0 Å². The third kappa shape index (κ3) is 3.46. The van der Waals surface area contributed by atoms with E-state index in [-0.39, 0.29) is 22.2 Å². The van der Waals surface area contributed by atoms with E-state index in [4.69, 9.17) is 0 Å². The fourth-order valence-electron chi connectivity index (χ4n) is 6.09. The predicted octanol–water partition coefficient (Wildman–Crippen LogP) is 4.97. The molecule has 0 N–H and O–H groups in total. The number of nitrogens with zero attached hydrogens (tertiary/aromatic N) is 2. The highest BCUT2D eigenvalue weighted by molar-refractivity contribution is 7.79. The van der Waals surface area contributed by atoms with Crippen LogP contribution in [0.1, 0.15) is 52.7 Å². The van der Waals surface area contributed by atoms with Gasteiger partial charge in [-0.05, 0) is 85.0 Å². The van der Waals surface area contributed by atoms with Crippen LogP contribution in [-0.2, 0) is 16.5 Å². The molecule has 0 amide bonds. The zero-order chi connectivity index (χ0) is 23.6. The lowest BCUT2D eigenvalue weighted by atomic mass is 9.62. The molecule has 1 aliphatic heterocycles. The molecule has 2 aliphatic carbocycles. The van der Waals surface area contributed by atoms with Gasteiger partial charge in [-0.15, -0.1) is 0 Å². The fraction of sp³-hybridized carbons (Fsp3) is 0.481. The van der Waals surface area contributed by atoms with Gasteiger partial charge in [0.2, 0.25) is 0 Å². The lowest BCUT2D eigenvalue weighted by Gasteiger charge is -2.55. The van der Waals surface area contributed by atoms with Gasteiger partial charge in [0.05, 0.1) is 5.54 Å². The van der Waals surface area contributed by atoms with Crippen LogP contribution < -0.4 is 4.90 Å². The molecule has 32 heavy (non-hydrogen) atoms. The van der Waals surface area contributed by atoms with Crippen molar-refractivity contribution in [2.75, 3.05) is 31.3 Å². The van der Waals surface area contributed by atoms with Crippen molar-refractivity contribution in [2.24, 2.45) is 0 Å². The van der Waals surface area contributed by atoms with Crippen LogP contribution in [0.3, 0.4) is 0 Å². The number of likely N-dealkylation sites (N-methyl/N-ethyl adjacent to an activating group) is 1. The Hall–Kier alpha value is -1.95. The maximum atomic E-state index is 11.7. The molecular weight excluding hydrogens is 416 g/mol. The van der Waals surface area contributed by atoms with Gasteiger partial charge in [-0.25, -0.2) is 0 Å². The molecule has 0 radical (unpaired) electrons. The largest absolute Gasteiger partial charge is 0.772 e. The molecule has 172 valence electrons. The van der Waals surface area contributed by atoms with Gasteiger partial charge >= 0.3 is 0 Å². The first kappa shape index (κ1) is 23.2.